The van der Waals surface area contributed by atoms with E-state index in [0.717, 1.165) is 72.8 Å². The Kier molecular flexibility index (Phi) is 7.15. The number of anilines is 2. The van der Waals surface area contributed by atoms with Gasteiger partial charge in [0.1, 0.15) is 24.2 Å². The molecule has 0 radical (unpaired) electrons. The smallest absolute Gasteiger partial charge is 0.175 e. The van der Waals surface area contributed by atoms with Gasteiger partial charge in [-0.15, -0.1) is 0 Å². The van der Waals surface area contributed by atoms with E-state index in [4.69, 9.17) is 34.6 Å². The average Bonchev–Trinajstić information content (AvgIpc) is 3.47. The van der Waals surface area contributed by atoms with Crippen LogP contribution in [0.1, 0.15) is 26.2 Å². The third-order valence-corrected chi connectivity index (χ3v) is 9.32. The van der Waals surface area contributed by atoms with Gasteiger partial charge < -0.3 is 34.5 Å². The average molecular weight is 529 g/mol. The van der Waals surface area contributed by atoms with Gasteiger partial charge in [0.15, 0.2) is 11.6 Å². The van der Waals surface area contributed by atoms with Crippen molar-refractivity contribution in [3.8, 4) is 5.75 Å². The number of methoxy groups -OCH3 is 1. The number of aromatic nitrogens is 3. The molecule has 4 aliphatic heterocycles. The first-order valence-electron chi connectivity index (χ1n) is 13.1. The minimum absolute atomic E-state index is 0.102. The summed E-state index contributed by atoms with van der Waals surface area (Å²) < 4.78 is 22.7. The highest BCUT2D eigenvalue weighted by atomic mass is 32.2. The molecule has 4 aliphatic rings. The lowest BCUT2D eigenvalue weighted by Gasteiger charge is -2.41. The number of ether oxygens (including phenoxy) is 4. The van der Waals surface area contributed by atoms with E-state index in [1.165, 1.54) is 0 Å². The highest BCUT2D eigenvalue weighted by molar-refractivity contribution is 7.99. The second-order valence-electron chi connectivity index (χ2n) is 10.7. The second-order valence-corrected chi connectivity index (χ2v) is 11.7. The van der Waals surface area contributed by atoms with Crippen LogP contribution in [0.2, 0.25) is 0 Å². The lowest BCUT2D eigenvalue weighted by Crippen LogP contribution is -2.50. The Balaban J connectivity index is 1.09. The number of pyridine rings is 1. The molecule has 2 aromatic rings. The Morgan fingerprint density at radius 1 is 1.22 bits per heavy atom. The van der Waals surface area contributed by atoms with Crippen LogP contribution in [0.4, 0.5) is 11.6 Å². The van der Waals surface area contributed by atoms with Crippen LogP contribution in [-0.2, 0) is 14.2 Å². The topological polar surface area (TPSA) is 108 Å². The fourth-order valence-corrected chi connectivity index (χ4v) is 6.97. The Morgan fingerprint density at radius 2 is 2.08 bits per heavy atom. The Morgan fingerprint density at radius 3 is 2.81 bits per heavy atom. The SMILES string of the molecule is COCOC[C@H]1C[C@H]2COc3c(Sc4cnc(N5CCC6(CC5)CO[C@@H](C)[C@H]6N)cn4)ccnc3N2C1. The first-order valence-corrected chi connectivity index (χ1v) is 13.9. The summed E-state index contributed by atoms with van der Waals surface area (Å²) in [4.78, 5) is 19.8. The molecule has 2 N–H and O–H groups in total. The maximum Gasteiger partial charge on any atom is 0.175 e. The van der Waals surface area contributed by atoms with Crippen LogP contribution < -0.4 is 20.3 Å². The summed E-state index contributed by atoms with van der Waals surface area (Å²) in [5.41, 5.74) is 6.57. The zero-order chi connectivity index (χ0) is 25.4. The van der Waals surface area contributed by atoms with Crippen molar-refractivity contribution >= 4 is 23.4 Å². The molecule has 0 amide bonds. The van der Waals surface area contributed by atoms with Crippen LogP contribution in [-0.4, -0.2) is 86.5 Å². The van der Waals surface area contributed by atoms with Crippen molar-refractivity contribution in [1.29, 1.82) is 0 Å². The van der Waals surface area contributed by atoms with Crippen molar-refractivity contribution in [2.45, 2.75) is 54.3 Å². The molecule has 0 aromatic carbocycles. The zero-order valence-corrected chi connectivity index (χ0v) is 22.4. The van der Waals surface area contributed by atoms with Gasteiger partial charge in [-0.3, -0.25) is 0 Å². The quantitative estimate of drug-likeness (QED) is 0.423. The number of piperidine rings is 1. The van der Waals surface area contributed by atoms with Gasteiger partial charge in [-0.1, -0.05) is 11.8 Å². The molecule has 6 heterocycles. The van der Waals surface area contributed by atoms with Crippen molar-refractivity contribution in [3.63, 3.8) is 0 Å². The van der Waals surface area contributed by atoms with Gasteiger partial charge in [0.25, 0.3) is 0 Å². The number of nitrogens with zero attached hydrogens (tertiary/aromatic N) is 5. The van der Waals surface area contributed by atoms with Crippen molar-refractivity contribution in [2.24, 2.45) is 17.1 Å². The number of hydrogen-bond acceptors (Lipinski definition) is 11. The number of rotatable bonds is 7. The monoisotopic (exact) mass is 528 g/mol. The normalized spacial score (nSPS) is 28.3. The summed E-state index contributed by atoms with van der Waals surface area (Å²) in [6, 6.07) is 2.43. The van der Waals surface area contributed by atoms with E-state index < -0.39 is 0 Å². The molecule has 3 fully saturated rings. The lowest BCUT2D eigenvalue weighted by molar-refractivity contribution is -0.0414. The van der Waals surface area contributed by atoms with E-state index in [2.05, 4.69) is 21.7 Å². The van der Waals surface area contributed by atoms with Gasteiger partial charge in [0, 0.05) is 50.3 Å². The Hall–Kier alpha value is -2.18. The van der Waals surface area contributed by atoms with Crippen LogP contribution in [0.25, 0.3) is 0 Å². The highest BCUT2D eigenvalue weighted by Crippen LogP contribution is 2.45. The molecule has 3 saturated heterocycles. The summed E-state index contributed by atoms with van der Waals surface area (Å²) in [6.45, 7) is 7.27. The van der Waals surface area contributed by atoms with Crippen LogP contribution in [0.5, 0.6) is 5.75 Å². The first-order chi connectivity index (χ1) is 18.1. The van der Waals surface area contributed by atoms with Gasteiger partial charge in [0.05, 0.1) is 42.6 Å². The van der Waals surface area contributed by atoms with Crippen LogP contribution >= 0.6 is 11.8 Å². The van der Waals surface area contributed by atoms with Crippen molar-refractivity contribution in [2.75, 3.05) is 63.2 Å². The van der Waals surface area contributed by atoms with Crippen molar-refractivity contribution in [1.82, 2.24) is 15.0 Å². The van der Waals surface area contributed by atoms with E-state index >= 15 is 0 Å². The summed E-state index contributed by atoms with van der Waals surface area (Å²) in [6.07, 6.45) is 8.80. The molecule has 11 heteroatoms. The van der Waals surface area contributed by atoms with Crippen molar-refractivity contribution in [3.05, 3.63) is 24.7 Å². The summed E-state index contributed by atoms with van der Waals surface area (Å²) >= 11 is 1.57. The molecule has 0 bridgehead atoms. The third kappa shape index (κ3) is 4.87. The van der Waals surface area contributed by atoms with E-state index in [9.17, 15) is 0 Å². The standard InChI is InChI=1S/C26H36N6O4S/c1-17-24(27)26(15-36-17)4-7-31(8-5-26)21-10-30-22(11-29-21)37-20-3-6-28-25-23(20)35-14-19-9-18(12-32(19)25)13-34-16-33-2/h3,6,10-11,17-19,24H,4-5,7-9,12-16,27H2,1-2H3/t17-,18-,19-,24+/m0/s1. The lowest BCUT2D eigenvalue weighted by atomic mass is 9.73. The molecule has 2 aromatic heterocycles. The molecule has 10 nitrogen and oxygen atoms in total. The molecule has 0 unspecified atom stereocenters. The molecule has 0 saturated carbocycles. The predicted molar refractivity (Wildman–Crippen MR) is 140 cm³/mol. The van der Waals surface area contributed by atoms with E-state index in [0.29, 0.717) is 32.0 Å². The van der Waals surface area contributed by atoms with Gasteiger partial charge >= 0.3 is 0 Å². The first kappa shape index (κ1) is 25.1. The van der Waals surface area contributed by atoms with Gasteiger partial charge in [-0.2, -0.15) is 0 Å². The molecule has 6 rings (SSSR count). The number of hydrogen-bond donors (Lipinski definition) is 1. The maximum atomic E-state index is 6.47. The summed E-state index contributed by atoms with van der Waals surface area (Å²) in [7, 11) is 1.65. The fourth-order valence-electron chi connectivity index (χ4n) is 6.16. The maximum absolute atomic E-state index is 6.47. The van der Waals surface area contributed by atoms with Crippen LogP contribution in [0.15, 0.2) is 34.6 Å². The molecular formula is C26H36N6O4S. The van der Waals surface area contributed by atoms with E-state index in [1.54, 1.807) is 18.9 Å². The largest absolute Gasteiger partial charge is 0.486 e. The molecule has 0 aliphatic carbocycles. The summed E-state index contributed by atoms with van der Waals surface area (Å²) in [5.74, 6) is 3.09. The van der Waals surface area contributed by atoms with Gasteiger partial charge in [0.2, 0.25) is 0 Å². The molecule has 37 heavy (non-hydrogen) atoms. The molecule has 200 valence electrons. The van der Waals surface area contributed by atoms with Crippen LogP contribution in [0, 0.1) is 11.3 Å². The van der Waals surface area contributed by atoms with E-state index in [1.807, 2.05) is 24.7 Å². The Labute approximate surface area is 222 Å². The van der Waals surface area contributed by atoms with E-state index in [-0.39, 0.29) is 17.6 Å². The number of fused-ring (bicyclic) bond motifs is 3. The minimum Gasteiger partial charge on any atom is -0.486 e. The second kappa shape index (κ2) is 10.5. The fraction of sp³-hybridized carbons (Fsp3) is 0.654. The highest BCUT2D eigenvalue weighted by Gasteiger charge is 2.47. The predicted octanol–water partition coefficient (Wildman–Crippen LogP) is 2.56. The minimum atomic E-state index is 0.102. The Bertz CT molecular complexity index is 1080. The third-order valence-electron chi connectivity index (χ3n) is 8.36. The van der Waals surface area contributed by atoms with Crippen LogP contribution in [0.3, 0.4) is 0 Å². The van der Waals surface area contributed by atoms with Gasteiger partial charge in [-0.05, 0) is 32.3 Å². The molecule has 4 atom stereocenters. The molecular weight excluding hydrogens is 492 g/mol. The zero-order valence-electron chi connectivity index (χ0n) is 21.5. The summed E-state index contributed by atoms with van der Waals surface area (Å²) in [5, 5.41) is 0.837. The number of nitrogens with two attached hydrogens (primary N) is 1. The van der Waals surface area contributed by atoms with Gasteiger partial charge in [-0.25, -0.2) is 15.0 Å². The van der Waals surface area contributed by atoms with Crippen molar-refractivity contribution < 1.29 is 18.9 Å². The molecule has 1 spiro atoms.